The van der Waals surface area contributed by atoms with E-state index in [4.69, 9.17) is 4.74 Å². The Hall–Kier alpha value is -1.80. The van der Waals surface area contributed by atoms with Crippen LogP contribution in [0.1, 0.15) is 13.8 Å². The van der Waals surface area contributed by atoms with E-state index < -0.39 is 29.6 Å². The van der Waals surface area contributed by atoms with Crippen LogP contribution in [0.3, 0.4) is 0 Å². The Morgan fingerprint density at radius 3 is 2.36 bits per heavy atom. The fraction of sp³-hybridized carbons (Fsp3) is 0.500. The fourth-order valence-corrected chi connectivity index (χ4v) is 1.51. The maximum atomic E-state index is 13.0. The van der Waals surface area contributed by atoms with E-state index in [0.717, 1.165) is 0 Å². The predicted molar refractivity (Wildman–Crippen MR) is 75.0 cm³/mol. The minimum absolute atomic E-state index is 0.0538. The molecule has 1 atom stereocenters. The number of anilines is 1. The number of hydrogen-bond donors (Lipinski definition) is 3. The first-order valence-corrected chi connectivity index (χ1v) is 6.74. The molecule has 0 aliphatic heterocycles. The highest BCUT2D eigenvalue weighted by molar-refractivity contribution is 5.89. The van der Waals surface area contributed by atoms with Crippen molar-refractivity contribution in [2.75, 3.05) is 25.1 Å². The molecule has 3 N–H and O–H groups in total. The van der Waals surface area contributed by atoms with Crippen molar-refractivity contribution >= 4 is 11.7 Å². The van der Waals surface area contributed by atoms with Crippen LogP contribution < -0.4 is 10.6 Å². The van der Waals surface area contributed by atoms with E-state index in [1.54, 1.807) is 0 Å². The summed E-state index contributed by atoms with van der Waals surface area (Å²) >= 11 is 0. The number of ether oxygens (including phenoxy) is 1. The van der Waals surface area contributed by atoms with Crippen LogP contribution in [0.5, 0.6) is 0 Å². The van der Waals surface area contributed by atoms with Crippen molar-refractivity contribution < 1.29 is 27.8 Å². The van der Waals surface area contributed by atoms with Crippen molar-refractivity contribution in [3.8, 4) is 0 Å². The molecule has 0 saturated carbocycles. The molecule has 0 aliphatic carbocycles. The van der Waals surface area contributed by atoms with E-state index >= 15 is 0 Å². The van der Waals surface area contributed by atoms with Crippen LogP contribution in [-0.4, -0.2) is 37.0 Å². The van der Waals surface area contributed by atoms with Gasteiger partial charge in [-0.3, -0.25) is 0 Å². The Balaban J connectivity index is 2.37. The Kier molecular flexibility index (Phi) is 7.13. The summed E-state index contributed by atoms with van der Waals surface area (Å²) in [4.78, 5) is 11.5. The maximum absolute atomic E-state index is 13.0. The zero-order valence-corrected chi connectivity index (χ0v) is 12.3. The molecule has 0 spiro atoms. The summed E-state index contributed by atoms with van der Waals surface area (Å²) in [5.74, 6) is -4.09. The number of benzene rings is 1. The van der Waals surface area contributed by atoms with Gasteiger partial charge in [0, 0.05) is 31.0 Å². The number of aliphatic hydroxyl groups is 1. The standard InChI is InChI=1S/C14H19F3N2O3/c1-8(2)6-22-7-10(20)5-18-14(21)19-9-3-11(15)13(17)12(16)4-9/h3-4,8,10,20H,5-7H2,1-2H3,(H2,18,19,21). The highest BCUT2D eigenvalue weighted by atomic mass is 19.2. The molecule has 1 aromatic rings. The lowest BCUT2D eigenvalue weighted by Crippen LogP contribution is -2.37. The van der Waals surface area contributed by atoms with Gasteiger partial charge in [-0.1, -0.05) is 13.8 Å². The average molecular weight is 320 g/mol. The van der Waals surface area contributed by atoms with E-state index in [9.17, 15) is 23.1 Å². The Morgan fingerprint density at radius 2 is 1.82 bits per heavy atom. The molecule has 1 unspecified atom stereocenters. The third-order valence-electron chi connectivity index (χ3n) is 2.50. The number of urea groups is 1. The summed E-state index contributed by atoms with van der Waals surface area (Å²) in [6.07, 6.45) is -0.911. The van der Waals surface area contributed by atoms with Gasteiger partial charge in [0.25, 0.3) is 0 Å². The van der Waals surface area contributed by atoms with Crippen molar-refractivity contribution in [1.29, 1.82) is 0 Å². The third-order valence-corrected chi connectivity index (χ3v) is 2.50. The monoisotopic (exact) mass is 320 g/mol. The fourth-order valence-electron chi connectivity index (χ4n) is 1.51. The second-order valence-corrected chi connectivity index (χ2v) is 5.17. The van der Waals surface area contributed by atoms with Crippen LogP contribution in [0.25, 0.3) is 0 Å². The Bertz CT molecular complexity index is 489. The largest absolute Gasteiger partial charge is 0.389 e. The van der Waals surface area contributed by atoms with Crippen molar-refractivity contribution in [1.82, 2.24) is 5.32 Å². The molecule has 5 nitrogen and oxygen atoms in total. The van der Waals surface area contributed by atoms with E-state index in [2.05, 4.69) is 10.6 Å². The molecular weight excluding hydrogens is 301 g/mol. The highest BCUT2D eigenvalue weighted by Gasteiger charge is 2.13. The third kappa shape index (κ3) is 6.31. The van der Waals surface area contributed by atoms with E-state index in [0.29, 0.717) is 24.7 Å². The van der Waals surface area contributed by atoms with Crippen LogP contribution >= 0.6 is 0 Å². The molecule has 0 aromatic heterocycles. The van der Waals surface area contributed by atoms with Crippen molar-refractivity contribution in [3.05, 3.63) is 29.6 Å². The van der Waals surface area contributed by atoms with Gasteiger partial charge < -0.3 is 20.5 Å². The van der Waals surface area contributed by atoms with E-state index in [1.165, 1.54) is 0 Å². The number of hydrogen-bond acceptors (Lipinski definition) is 3. The molecule has 124 valence electrons. The van der Waals surface area contributed by atoms with Crippen LogP contribution in [0.15, 0.2) is 12.1 Å². The molecule has 0 aliphatic rings. The van der Waals surface area contributed by atoms with Gasteiger partial charge in [-0.25, -0.2) is 18.0 Å². The van der Waals surface area contributed by atoms with Gasteiger partial charge in [-0.15, -0.1) is 0 Å². The lowest BCUT2D eigenvalue weighted by Gasteiger charge is -2.14. The normalized spacial score (nSPS) is 12.3. The van der Waals surface area contributed by atoms with Gasteiger partial charge in [0.05, 0.1) is 12.7 Å². The number of aliphatic hydroxyl groups excluding tert-OH is 1. The van der Waals surface area contributed by atoms with Gasteiger partial charge in [0.1, 0.15) is 0 Å². The van der Waals surface area contributed by atoms with Gasteiger partial charge in [0.2, 0.25) is 0 Å². The van der Waals surface area contributed by atoms with Crippen LogP contribution in [0.4, 0.5) is 23.7 Å². The summed E-state index contributed by atoms with van der Waals surface area (Å²) in [7, 11) is 0. The summed E-state index contributed by atoms with van der Waals surface area (Å²) in [5.41, 5.74) is -0.237. The van der Waals surface area contributed by atoms with E-state index in [1.807, 2.05) is 13.8 Å². The topological polar surface area (TPSA) is 70.6 Å². The number of amides is 2. The number of carbonyl (C=O) groups excluding carboxylic acids is 1. The molecule has 1 rings (SSSR count). The average Bonchev–Trinajstić information content (AvgIpc) is 2.42. The second-order valence-electron chi connectivity index (χ2n) is 5.17. The second kappa shape index (κ2) is 8.60. The number of nitrogens with one attached hydrogen (secondary N) is 2. The lowest BCUT2D eigenvalue weighted by molar-refractivity contribution is 0.0274. The quantitative estimate of drug-likeness (QED) is 0.675. The first kappa shape index (κ1) is 18.2. The Morgan fingerprint density at radius 1 is 1.23 bits per heavy atom. The van der Waals surface area contributed by atoms with Crippen LogP contribution in [-0.2, 0) is 4.74 Å². The highest BCUT2D eigenvalue weighted by Crippen LogP contribution is 2.17. The van der Waals surface area contributed by atoms with Gasteiger partial charge in [-0.2, -0.15) is 0 Å². The predicted octanol–water partition coefficient (Wildman–Crippen LogP) is 2.26. The molecule has 0 radical (unpaired) electrons. The van der Waals surface area contributed by atoms with Gasteiger partial charge in [-0.05, 0) is 5.92 Å². The molecule has 0 heterocycles. The molecule has 0 saturated heterocycles. The van der Waals surface area contributed by atoms with Gasteiger partial charge >= 0.3 is 6.03 Å². The molecule has 0 bridgehead atoms. The first-order chi connectivity index (χ1) is 10.3. The minimum Gasteiger partial charge on any atom is -0.389 e. The van der Waals surface area contributed by atoms with Crippen molar-refractivity contribution in [2.45, 2.75) is 20.0 Å². The maximum Gasteiger partial charge on any atom is 0.319 e. The molecule has 2 amide bonds. The Labute approximate surface area is 126 Å². The molecule has 0 fully saturated rings. The molecule has 8 heteroatoms. The van der Waals surface area contributed by atoms with Crippen molar-refractivity contribution in [2.24, 2.45) is 5.92 Å². The van der Waals surface area contributed by atoms with Crippen molar-refractivity contribution in [3.63, 3.8) is 0 Å². The van der Waals surface area contributed by atoms with Gasteiger partial charge in [0.15, 0.2) is 17.5 Å². The summed E-state index contributed by atoms with van der Waals surface area (Å²) in [6, 6.07) is 0.522. The number of carbonyl (C=O) groups is 1. The minimum atomic E-state index is -1.61. The SMILES string of the molecule is CC(C)COCC(O)CNC(=O)Nc1cc(F)c(F)c(F)c1. The van der Waals surface area contributed by atoms with Crippen LogP contribution in [0, 0.1) is 23.4 Å². The summed E-state index contributed by atoms with van der Waals surface area (Å²) in [5, 5.41) is 14.0. The lowest BCUT2D eigenvalue weighted by atomic mass is 10.2. The van der Waals surface area contributed by atoms with E-state index in [-0.39, 0.29) is 18.8 Å². The molecule has 22 heavy (non-hydrogen) atoms. The summed E-state index contributed by atoms with van der Waals surface area (Å²) in [6.45, 7) is 4.35. The molecular formula is C14H19F3N2O3. The first-order valence-electron chi connectivity index (χ1n) is 6.74. The zero-order valence-electron chi connectivity index (χ0n) is 12.3. The zero-order chi connectivity index (χ0) is 16.7. The van der Waals surface area contributed by atoms with Crippen LogP contribution in [0.2, 0.25) is 0 Å². The summed E-state index contributed by atoms with van der Waals surface area (Å²) < 4.78 is 43.9. The molecule has 1 aromatic carbocycles. The number of rotatable bonds is 7. The smallest absolute Gasteiger partial charge is 0.319 e. The number of halogens is 3.